The fraction of sp³-hybridized carbons (Fsp3) is 0. The minimum absolute atomic E-state index is 0.563. The zero-order valence-electron chi connectivity index (χ0n) is 33.6. The molecule has 0 amide bonds. The van der Waals surface area contributed by atoms with Crippen LogP contribution in [0.4, 0.5) is 0 Å². The Balaban J connectivity index is 1.07. The second kappa shape index (κ2) is 14.7. The van der Waals surface area contributed by atoms with Crippen molar-refractivity contribution < 1.29 is 0 Å². The standard InChI is InChI=1S/C57H37N5/c1-5-16-38(17-6-1)43-22-15-23-44(36-43)40-28-30-42(31-29-40)56-58-55(41-20-9-3-10-21-41)59-57(60-56)62-50-27-14-13-26-48(50)53-52(62)35-33-47-49-37-45(39-18-7-2-8-19-39)32-34-51(49)61(54(47)53)46-24-11-4-12-25-46/h1-37H. The molecule has 3 aromatic heterocycles. The van der Waals surface area contributed by atoms with Crippen LogP contribution in [-0.4, -0.2) is 24.1 Å². The molecule has 0 aliphatic carbocycles. The fourth-order valence-corrected chi connectivity index (χ4v) is 9.06. The third-order valence-electron chi connectivity index (χ3n) is 12.0. The molecule has 12 rings (SSSR count). The van der Waals surface area contributed by atoms with E-state index in [1.165, 1.54) is 33.0 Å². The fourth-order valence-electron chi connectivity index (χ4n) is 9.06. The van der Waals surface area contributed by atoms with E-state index in [0.29, 0.717) is 17.6 Å². The highest BCUT2D eigenvalue weighted by Gasteiger charge is 2.23. The molecular weight excluding hydrogens is 755 g/mol. The van der Waals surface area contributed by atoms with Crippen molar-refractivity contribution >= 4 is 43.6 Å². The lowest BCUT2D eigenvalue weighted by Gasteiger charge is -2.12. The van der Waals surface area contributed by atoms with E-state index in [9.17, 15) is 0 Å². The molecule has 0 N–H and O–H groups in total. The number of fused-ring (bicyclic) bond motifs is 7. The van der Waals surface area contributed by atoms with Gasteiger partial charge in [-0.2, -0.15) is 9.97 Å². The van der Waals surface area contributed by atoms with Crippen molar-refractivity contribution in [1.82, 2.24) is 24.1 Å². The Morgan fingerprint density at radius 3 is 1.40 bits per heavy atom. The predicted molar refractivity (Wildman–Crippen MR) is 256 cm³/mol. The van der Waals surface area contributed by atoms with Gasteiger partial charge in [-0.1, -0.05) is 182 Å². The molecular formula is C57H37N5. The van der Waals surface area contributed by atoms with Crippen molar-refractivity contribution in [2.24, 2.45) is 0 Å². The molecule has 5 heteroatoms. The Hall–Kier alpha value is -8.41. The van der Waals surface area contributed by atoms with Crippen LogP contribution >= 0.6 is 0 Å². The maximum Gasteiger partial charge on any atom is 0.238 e. The molecule has 0 unspecified atom stereocenters. The Morgan fingerprint density at radius 1 is 0.274 bits per heavy atom. The van der Waals surface area contributed by atoms with Crippen LogP contribution in [0.5, 0.6) is 0 Å². The first kappa shape index (κ1) is 35.5. The lowest BCUT2D eigenvalue weighted by atomic mass is 9.98. The maximum atomic E-state index is 5.31. The van der Waals surface area contributed by atoms with E-state index in [1.807, 2.05) is 18.2 Å². The highest BCUT2D eigenvalue weighted by atomic mass is 15.2. The van der Waals surface area contributed by atoms with E-state index in [-0.39, 0.29) is 0 Å². The molecule has 0 radical (unpaired) electrons. The maximum absolute atomic E-state index is 5.31. The Labute approximate surface area is 358 Å². The second-order valence-electron chi connectivity index (χ2n) is 15.7. The van der Waals surface area contributed by atoms with Gasteiger partial charge in [0.1, 0.15) is 0 Å². The zero-order chi connectivity index (χ0) is 41.0. The SMILES string of the molecule is c1ccc(-c2cccc(-c3ccc(-c4nc(-c5ccccc5)nc(-n5c6ccccc6c6c5ccc5c7cc(-c8ccccc8)ccc7n(-c7ccccc7)c56)n4)cc3)c2)cc1. The quantitative estimate of drug-likeness (QED) is 0.162. The number of hydrogen-bond donors (Lipinski definition) is 0. The lowest BCUT2D eigenvalue weighted by Crippen LogP contribution is -2.06. The molecule has 9 aromatic carbocycles. The van der Waals surface area contributed by atoms with Gasteiger partial charge in [-0.3, -0.25) is 4.57 Å². The van der Waals surface area contributed by atoms with Crippen LogP contribution in [0.3, 0.4) is 0 Å². The molecule has 3 heterocycles. The summed E-state index contributed by atoms with van der Waals surface area (Å²) in [6.45, 7) is 0. The molecule has 0 aliphatic rings. The molecule has 62 heavy (non-hydrogen) atoms. The number of benzene rings is 9. The second-order valence-corrected chi connectivity index (χ2v) is 15.7. The minimum atomic E-state index is 0.563. The third-order valence-corrected chi connectivity index (χ3v) is 12.0. The largest absolute Gasteiger partial charge is 0.309 e. The normalized spacial score (nSPS) is 11.5. The van der Waals surface area contributed by atoms with Crippen LogP contribution in [-0.2, 0) is 0 Å². The Kier molecular flexibility index (Phi) is 8.42. The highest BCUT2D eigenvalue weighted by molar-refractivity contribution is 6.26. The van der Waals surface area contributed by atoms with Gasteiger partial charge in [0, 0.05) is 38.4 Å². The number of aromatic nitrogens is 5. The van der Waals surface area contributed by atoms with Gasteiger partial charge in [0.05, 0.1) is 22.1 Å². The molecule has 5 nitrogen and oxygen atoms in total. The first-order valence-corrected chi connectivity index (χ1v) is 20.9. The van der Waals surface area contributed by atoms with Gasteiger partial charge >= 0.3 is 0 Å². The number of nitrogens with zero attached hydrogens (tertiary/aromatic N) is 5. The zero-order valence-corrected chi connectivity index (χ0v) is 33.6. The molecule has 0 spiro atoms. The molecule has 0 saturated heterocycles. The van der Waals surface area contributed by atoms with E-state index in [1.54, 1.807) is 0 Å². The summed E-state index contributed by atoms with van der Waals surface area (Å²) in [4.78, 5) is 15.7. The lowest BCUT2D eigenvalue weighted by molar-refractivity contribution is 0.953. The Bertz CT molecular complexity index is 3590. The summed E-state index contributed by atoms with van der Waals surface area (Å²) in [6, 6.07) is 79.2. The molecule has 0 aliphatic heterocycles. The molecule has 12 aromatic rings. The molecule has 0 saturated carbocycles. The Morgan fingerprint density at radius 2 is 0.742 bits per heavy atom. The van der Waals surface area contributed by atoms with Crippen LogP contribution in [0.1, 0.15) is 0 Å². The van der Waals surface area contributed by atoms with E-state index < -0.39 is 0 Å². The third kappa shape index (κ3) is 5.98. The summed E-state index contributed by atoms with van der Waals surface area (Å²) < 4.78 is 4.64. The van der Waals surface area contributed by atoms with Crippen molar-refractivity contribution in [2.75, 3.05) is 0 Å². The van der Waals surface area contributed by atoms with Gasteiger partial charge in [-0.25, -0.2) is 4.98 Å². The van der Waals surface area contributed by atoms with Crippen molar-refractivity contribution in [3.63, 3.8) is 0 Å². The monoisotopic (exact) mass is 791 g/mol. The van der Waals surface area contributed by atoms with Gasteiger partial charge in [0.15, 0.2) is 11.6 Å². The van der Waals surface area contributed by atoms with E-state index in [0.717, 1.165) is 60.8 Å². The molecule has 0 bridgehead atoms. The van der Waals surface area contributed by atoms with Gasteiger partial charge in [0.25, 0.3) is 0 Å². The van der Waals surface area contributed by atoms with Gasteiger partial charge < -0.3 is 4.57 Å². The van der Waals surface area contributed by atoms with Crippen LogP contribution in [0.25, 0.3) is 111 Å². The molecule has 0 atom stereocenters. The topological polar surface area (TPSA) is 48.5 Å². The average molecular weight is 792 g/mol. The summed E-state index contributed by atoms with van der Waals surface area (Å²) in [5, 5.41) is 4.66. The summed E-state index contributed by atoms with van der Waals surface area (Å²) in [5.74, 6) is 1.79. The first-order valence-electron chi connectivity index (χ1n) is 20.9. The van der Waals surface area contributed by atoms with E-state index >= 15 is 0 Å². The average Bonchev–Trinajstić information content (AvgIpc) is 3.88. The van der Waals surface area contributed by atoms with Crippen molar-refractivity contribution in [1.29, 1.82) is 0 Å². The van der Waals surface area contributed by atoms with Crippen LogP contribution in [0, 0.1) is 0 Å². The van der Waals surface area contributed by atoms with E-state index in [4.69, 9.17) is 15.0 Å². The van der Waals surface area contributed by atoms with Crippen molar-refractivity contribution in [2.45, 2.75) is 0 Å². The van der Waals surface area contributed by atoms with Gasteiger partial charge in [-0.15, -0.1) is 0 Å². The number of hydrogen-bond acceptors (Lipinski definition) is 3. The van der Waals surface area contributed by atoms with E-state index in [2.05, 4.69) is 215 Å². The number of rotatable bonds is 7. The van der Waals surface area contributed by atoms with Crippen LogP contribution in [0.15, 0.2) is 224 Å². The van der Waals surface area contributed by atoms with Crippen molar-refractivity contribution in [3.05, 3.63) is 224 Å². The highest BCUT2D eigenvalue weighted by Crippen LogP contribution is 2.43. The summed E-state index contributed by atoms with van der Waals surface area (Å²) in [7, 11) is 0. The predicted octanol–water partition coefficient (Wildman–Crippen LogP) is 14.4. The van der Waals surface area contributed by atoms with Gasteiger partial charge in [-0.05, 0) is 75.8 Å². The smallest absolute Gasteiger partial charge is 0.238 e. The van der Waals surface area contributed by atoms with Crippen LogP contribution < -0.4 is 0 Å². The summed E-state index contributed by atoms with van der Waals surface area (Å²) in [6.07, 6.45) is 0. The van der Waals surface area contributed by atoms with Crippen LogP contribution in [0.2, 0.25) is 0 Å². The summed E-state index contributed by atoms with van der Waals surface area (Å²) in [5.41, 5.74) is 14.3. The first-order chi connectivity index (χ1) is 30.7. The molecule has 0 fully saturated rings. The molecule has 290 valence electrons. The summed E-state index contributed by atoms with van der Waals surface area (Å²) >= 11 is 0. The minimum Gasteiger partial charge on any atom is -0.309 e. The van der Waals surface area contributed by atoms with Crippen molar-refractivity contribution in [3.8, 4) is 67.8 Å². The number of para-hydroxylation sites is 2. The van der Waals surface area contributed by atoms with Gasteiger partial charge in [0.2, 0.25) is 5.95 Å².